The number of aryl methyl sites for hydroxylation is 1. The first-order chi connectivity index (χ1) is 10.6. The van der Waals surface area contributed by atoms with Crippen LogP contribution in [-0.2, 0) is 21.4 Å². The summed E-state index contributed by atoms with van der Waals surface area (Å²) in [6.07, 6.45) is -4.52. The van der Waals surface area contributed by atoms with E-state index in [1.165, 1.54) is 13.8 Å². The highest BCUT2D eigenvalue weighted by molar-refractivity contribution is 7.89. The lowest BCUT2D eigenvalue weighted by molar-refractivity contribution is -0.138. The Balaban J connectivity index is 3.01. The van der Waals surface area contributed by atoms with E-state index in [0.717, 1.165) is 4.68 Å². The number of hydrogen-bond acceptors (Lipinski definition) is 4. The molecule has 0 saturated carbocycles. The second kappa shape index (κ2) is 6.71. The summed E-state index contributed by atoms with van der Waals surface area (Å²) in [6, 6.07) is 0. The van der Waals surface area contributed by atoms with Crippen molar-refractivity contribution in [1.82, 2.24) is 19.8 Å². The van der Waals surface area contributed by atoms with E-state index in [4.69, 9.17) is 0 Å². The first-order valence-electron chi connectivity index (χ1n) is 7.04. The predicted octanol–water partition coefficient (Wildman–Crippen LogP) is 1.26. The largest absolute Gasteiger partial charge is 0.405 e. The van der Waals surface area contributed by atoms with Crippen molar-refractivity contribution in [2.75, 3.05) is 6.54 Å². The molecule has 0 spiro atoms. The molecule has 1 amide bonds. The Morgan fingerprint density at radius 2 is 1.75 bits per heavy atom. The highest BCUT2D eigenvalue weighted by Crippen LogP contribution is 2.21. The van der Waals surface area contributed by atoms with Gasteiger partial charge < -0.3 is 5.32 Å². The number of rotatable bonds is 5. The molecule has 1 aromatic rings. The molecule has 0 aliphatic heterocycles. The quantitative estimate of drug-likeness (QED) is 0.816. The Morgan fingerprint density at radius 3 is 2.21 bits per heavy atom. The second-order valence-electron chi connectivity index (χ2n) is 6.40. The minimum absolute atomic E-state index is 0.0824. The van der Waals surface area contributed by atoms with Crippen molar-refractivity contribution >= 4 is 15.9 Å². The van der Waals surface area contributed by atoms with E-state index >= 15 is 0 Å². The fraction of sp³-hybridized carbons (Fsp3) is 0.692. The number of nitrogens with one attached hydrogen (secondary N) is 2. The van der Waals surface area contributed by atoms with Gasteiger partial charge in [-0.1, -0.05) is 0 Å². The van der Waals surface area contributed by atoms with E-state index in [1.807, 2.05) is 0 Å². The third-order valence-electron chi connectivity index (χ3n) is 2.80. The molecule has 0 fully saturated rings. The average molecular weight is 370 g/mol. The van der Waals surface area contributed by atoms with E-state index in [9.17, 15) is 26.4 Å². The smallest absolute Gasteiger partial charge is 0.345 e. The summed E-state index contributed by atoms with van der Waals surface area (Å²) < 4.78 is 64.7. The summed E-state index contributed by atoms with van der Waals surface area (Å²) >= 11 is 0. The summed E-state index contributed by atoms with van der Waals surface area (Å²) in [4.78, 5) is 11.5. The lowest BCUT2D eigenvalue weighted by atomic mass is 10.1. The summed E-state index contributed by atoms with van der Waals surface area (Å²) in [5.74, 6) is -0.911. The van der Waals surface area contributed by atoms with E-state index in [0.29, 0.717) is 0 Å². The van der Waals surface area contributed by atoms with Gasteiger partial charge in [0.15, 0.2) is 0 Å². The van der Waals surface area contributed by atoms with Gasteiger partial charge in [0, 0.05) is 5.54 Å². The summed E-state index contributed by atoms with van der Waals surface area (Å²) in [6.45, 7) is 5.94. The second-order valence-corrected chi connectivity index (χ2v) is 8.02. The van der Waals surface area contributed by atoms with Gasteiger partial charge in [0.05, 0.1) is 11.4 Å². The number of amides is 1. The molecule has 1 rings (SSSR count). The zero-order valence-corrected chi connectivity index (χ0v) is 14.9. The van der Waals surface area contributed by atoms with Crippen LogP contribution in [0.2, 0.25) is 0 Å². The highest BCUT2D eigenvalue weighted by atomic mass is 32.2. The Morgan fingerprint density at radius 1 is 1.21 bits per heavy atom. The van der Waals surface area contributed by atoms with Crippen molar-refractivity contribution in [3.8, 4) is 0 Å². The summed E-state index contributed by atoms with van der Waals surface area (Å²) in [5.41, 5.74) is -0.386. The lowest BCUT2D eigenvalue weighted by Gasteiger charge is -2.20. The minimum Gasteiger partial charge on any atom is -0.345 e. The molecule has 0 aliphatic rings. The number of carbonyl (C=O) groups excluding carboxylic acids is 1. The molecule has 11 heteroatoms. The van der Waals surface area contributed by atoms with Gasteiger partial charge in [0.2, 0.25) is 15.9 Å². The van der Waals surface area contributed by atoms with E-state index in [-0.39, 0.29) is 16.3 Å². The van der Waals surface area contributed by atoms with Gasteiger partial charge >= 0.3 is 6.18 Å². The van der Waals surface area contributed by atoms with Crippen LogP contribution in [0.4, 0.5) is 13.2 Å². The zero-order chi connectivity index (χ0) is 18.9. The maximum Gasteiger partial charge on any atom is 0.405 e. The highest BCUT2D eigenvalue weighted by Gasteiger charge is 2.30. The molecule has 1 aromatic heterocycles. The number of sulfonamides is 1. The standard InChI is InChI=1S/C13H21F3N4O3S/c1-8-11(24(22,23)19-12(3,4)5)9(2)20(18-8)6-10(21)17-7-13(14,15)16/h19H,6-7H2,1-5H3,(H,17,21). The van der Waals surface area contributed by atoms with Gasteiger partial charge in [0.25, 0.3) is 0 Å². The molecular formula is C13H21F3N4O3S. The van der Waals surface area contributed by atoms with Crippen LogP contribution < -0.4 is 10.0 Å². The van der Waals surface area contributed by atoms with Gasteiger partial charge in [-0.3, -0.25) is 9.48 Å². The molecule has 0 radical (unpaired) electrons. The Kier molecular flexibility index (Phi) is 5.71. The third kappa shape index (κ3) is 5.78. The maximum atomic E-state index is 12.4. The maximum absolute atomic E-state index is 12.4. The van der Waals surface area contributed by atoms with Crippen LogP contribution >= 0.6 is 0 Å². The predicted molar refractivity (Wildman–Crippen MR) is 80.8 cm³/mol. The molecule has 0 aromatic carbocycles. The van der Waals surface area contributed by atoms with E-state index in [1.54, 1.807) is 26.1 Å². The van der Waals surface area contributed by atoms with Crippen LogP contribution in [0.15, 0.2) is 4.90 Å². The topological polar surface area (TPSA) is 93.1 Å². The Hall–Kier alpha value is -1.62. The third-order valence-corrected chi connectivity index (χ3v) is 4.81. The van der Waals surface area contributed by atoms with Crippen molar-refractivity contribution in [2.24, 2.45) is 0 Å². The molecule has 0 aliphatic carbocycles. The van der Waals surface area contributed by atoms with E-state index < -0.39 is 40.7 Å². The SMILES string of the molecule is Cc1nn(CC(=O)NCC(F)(F)F)c(C)c1S(=O)(=O)NC(C)(C)C. The Bertz CT molecular complexity index is 718. The van der Waals surface area contributed by atoms with Crippen LogP contribution in [0.3, 0.4) is 0 Å². The molecule has 7 nitrogen and oxygen atoms in total. The number of nitrogens with zero attached hydrogens (tertiary/aromatic N) is 2. The van der Waals surface area contributed by atoms with Gasteiger partial charge in [-0.25, -0.2) is 13.1 Å². The van der Waals surface area contributed by atoms with Crippen molar-refractivity contribution in [2.45, 2.75) is 57.8 Å². The minimum atomic E-state index is -4.52. The number of alkyl halides is 3. The normalized spacial score (nSPS) is 13.2. The molecule has 138 valence electrons. The molecular weight excluding hydrogens is 349 g/mol. The first-order valence-corrected chi connectivity index (χ1v) is 8.52. The van der Waals surface area contributed by atoms with E-state index in [2.05, 4.69) is 9.82 Å². The van der Waals surface area contributed by atoms with Crippen LogP contribution in [0.25, 0.3) is 0 Å². The van der Waals surface area contributed by atoms with Gasteiger partial charge in [-0.2, -0.15) is 18.3 Å². The number of halogens is 3. The van der Waals surface area contributed by atoms with Crippen molar-refractivity contribution in [1.29, 1.82) is 0 Å². The van der Waals surface area contributed by atoms with Crippen molar-refractivity contribution < 1.29 is 26.4 Å². The molecule has 2 N–H and O–H groups in total. The summed E-state index contributed by atoms with van der Waals surface area (Å²) in [5, 5.41) is 5.66. The average Bonchev–Trinajstić information content (AvgIpc) is 2.58. The van der Waals surface area contributed by atoms with Gasteiger partial charge in [-0.15, -0.1) is 0 Å². The number of hydrogen-bond donors (Lipinski definition) is 2. The monoisotopic (exact) mass is 370 g/mol. The molecule has 0 bridgehead atoms. The fourth-order valence-corrected chi connectivity index (χ4v) is 3.90. The van der Waals surface area contributed by atoms with Crippen LogP contribution in [0.1, 0.15) is 32.2 Å². The molecule has 1 heterocycles. The number of aromatic nitrogens is 2. The molecule has 0 saturated heterocycles. The van der Waals surface area contributed by atoms with Crippen molar-refractivity contribution in [3.05, 3.63) is 11.4 Å². The molecule has 24 heavy (non-hydrogen) atoms. The van der Waals surface area contributed by atoms with Crippen molar-refractivity contribution in [3.63, 3.8) is 0 Å². The molecule has 0 atom stereocenters. The summed E-state index contributed by atoms with van der Waals surface area (Å²) in [7, 11) is -3.87. The first kappa shape index (κ1) is 20.4. The van der Waals surface area contributed by atoms with Crippen LogP contribution in [0.5, 0.6) is 0 Å². The van der Waals surface area contributed by atoms with Crippen LogP contribution in [-0.4, -0.2) is 42.4 Å². The van der Waals surface area contributed by atoms with Gasteiger partial charge in [-0.05, 0) is 34.6 Å². The fourth-order valence-electron chi connectivity index (χ4n) is 2.07. The lowest BCUT2D eigenvalue weighted by Crippen LogP contribution is -2.40. The zero-order valence-electron chi connectivity index (χ0n) is 14.1. The Labute approximate surface area is 138 Å². The number of carbonyl (C=O) groups is 1. The molecule has 0 unspecified atom stereocenters. The van der Waals surface area contributed by atoms with Gasteiger partial charge in [0.1, 0.15) is 18.0 Å². The van der Waals surface area contributed by atoms with Crippen LogP contribution in [0, 0.1) is 13.8 Å².